The second-order valence-corrected chi connectivity index (χ2v) is 4.83. The highest BCUT2D eigenvalue weighted by molar-refractivity contribution is 9.08. The largest absolute Gasteiger partial charge is 0.450 e. The minimum atomic E-state index is -0.467. The average molecular weight is 347 g/mol. The number of ether oxygens (including phenoxy) is 1. The third-order valence-corrected chi connectivity index (χ3v) is 3.46. The van der Waals surface area contributed by atoms with Crippen molar-refractivity contribution in [3.05, 3.63) is 63.7 Å². The highest BCUT2D eigenvalue weighted by atomic mass is 79.9. The summed E-state index contributed by atoms with van der Waals surface area (Å²) in [5.41, 5.74) is 1.60. The topological polar surface area (TPSA) is 76.2 Å². The molecule has 0 unspecified atom stereocenters. The molecule has 0 amide bonds. The smallest absolute Gasteiger partial charge is 0.311 e. The molecule has 2 aromatic rings. The van der Waals surface area contributed by atoms with Gasteiger partial charge in [0, 0.05) is 11.4 Å². The number of hydrogen-bond donors (Lipinski definition) is 0. The molecule has 2 aromatic carbocycles. The first-order valence-electron chi connectivity index (χ1n) is 6.11. The van der Waals surface area contributed by atoms with Crippen molar-refractivity contribution in [3.8, 4) is 17.6 Å². The predicted octanol–water partition coefficient (Wildman–Crippen LogP) is 4.35. The first kappa shape index (κ1) is 15.0. The number of nitro benzene ring substituents is 1. The minimum absolute atomic E-state index is 0.0759. The second kappa shape index (κ2) is 6.86. The zero-order valence-electron chi connectivity index (χ0n) is 11.0. The number of hydrogen-bond acceptors (Lipinski definition) is 4. The van der Waals surface area contributed by atoms with Gasteiger partial charge in [0.25, 0.3) is 0 Å². The fourth-order valence-corrected chi connectivity index (χ4v) is 2.12. The van der Waals surface area contributed by atoms with Crippen LogP contribution in [-0.2, 0) is 11.8 Å². The summed E-state index contributed by atoms with van der Waals surface area (Å²) in [7, 11) is 0. The van der Waals surface area contributed by atoms with Crippen molar-refractivity contribution >= 4 is 21.6 Å². The summed E-state index contributed by atoms with van der Waals surface area (Å²) in [6.07, 6.45) is 0.320. The molecule has 21 heavy (non-hydrogen) atoms. The molecule has 0 heterocycles. The molecule has 6 heteroatoms. The zero-order valence-corrected chi connectivity index (χ0v) is 12.5. The predicted molar refractivity (Wildman–Crippen MR) is 81.6 cm³/mol. The van der Waals surface area contributed by atoms with Crippen LogP contribution in [0.1, 0.15) is 11.1 Å². The number of halogens is 1. The highest BCUT2D eigenvalue weighted by Gasteiger charge is 2.16. The van der Waals surface area contributed by atoms with E-state index in [-0.39, 0.29) is 11.4 Å². The lowest BCUT2D eigenvalue weighted by molar-refractivity contribution is -0.385. The van der Waals surface area contributed by atoms with E-state index in [0.29, 0.717) is 17.5 Å². The molecular weight excluding hydrogens is 336 g/mol. The number of nitriles is 1. The van der Waals surface area contributed by atoms with Crippen LogP contribution in [0.5, 0.6) is 11.5 Å². The standard InChI is InChI=1S/C15H11BrN2O3/c16-10-12-3-6-15(14(9-12)18(19)20)21-13-4-1-11(2-5-13)7-8-17/h1-6,9H,7,10H2. The zero-order chi connectivity index (χ0) is 15.2. The third kappa shape index (κ3) is 3.80. The summed E-state index contributed by atoms with van der Waals surface area (Å²) in [5.74, 6) is 0.684. The van der Waals surface area contributed by atoms with Crippen molar-refractivity contribution in [3.63, 3.8) is 0 Å². The second-order valence-electron chi connectivity index (χ2n) is 4.27. The van der Waals surface area contributed by atoms with Crippen LogP contribution in [0.25, 0.3) is 0 Å². The van der Waals surface area contributed by atoms with E-state index in [2.05, 4.69) is 22.0 Å². The van der Waals surface area contributed by atoms with E-state index in [1.807, 2.05) is 0 Å². The van der Waals surface area contributed by atoms with Crippen molar-refractivity contribution in [2.75, 3.05) is 0 Å². The molecule has 0 spiro atoms. The summed E-state index contributed by atoms with van der Waals surface area (Å²) in [6.45, 7) is 0. The lowest BCUT2D eigenvalue weighted by atomic mass is 10.1. The number of rotatable bonds is 5. The van der Waals surface area contributed by atoms with Gasteiger partial charge in [0.1, 0.15) is 5.75 Å². The van der Waals surface area contributed by atoms with Gasteiger partial charge < -0.3 is 4.74 Å². The molecule has 0 bridgehead atoms. The van der Waals surface area contributed by atoms with E-state index in [1.54, 1.807) is 36.4 Å². The Hall–Kier alpha value is -2.39. The fraction of sp³-hybridized carbons (Fsp3) is 0.133. The van der Waals surface area contributed by atoms with E-state index in [1.165, 1.54) is 6.07 Å². The Morgan fingerprint density at radius 1 is 1.19 bits per heavy atom. The first-order valence-corrected chi connectivity index (χ1v) is 7.23. The fourth-order valence-electron chi connectivity index (χ4n) is 1.77. The first-order chi connectivity index (χ1) is 10.1. The van der Waals surface area contributed by atoms with Crippen LogP contribution in [0, 0.1) is 21.4 Å². The van der Waals surface area contributed by atoms with Crippen LogP contribution in [0.2, 0.25) is 0 Å². The van der Waals surface area contributed by atoms with Gasteiger partial charge in [-0.05, 0) is 29.3 Å². The van der Waals surface area contributed by atoms with Crippen LogP contribution in [0.3, 0.4) is 0 Å². The monoisotopic (exact) mass is 346 g/mol. The van der Waals surface area contributed by atoms with Gasteiger partial charge in [0.05, 0.1) is 17.4 Å². The average Bonchev–Trinajstić information content (AvgIpc) is 2.49. The quantitative estimate of drug-likeness (QED) is 0.458. The van der Waals surface area contributed by atoms with Crippen molar-refractivity contribution in [2.45, 2.75) is 11.8 Å². The molecule has 5 nitrogen and oxygen atoms in total. The molecule has 0 N–H and O–H groups in total. The maximum Gasteiger partial charge on any atom is 0.311 e. The van der Waals surface area contributed by atoms with Gasteiger partial charge in [-0.3, -0.25) is 10.1 Å². The summed E-state index contributed by atoms with van der Waals surface area (Å²) in [4.78, 5) is 10.6. The molecule has 0 atom stereocenters. The molecule has 0 fully saturated rings. The molecular formula is C15H11BrN2O3. The minimum Gasteiger partial charge on any atom is -0.450 e. The molecule has 2 rings (SSSR count). The maximum atomic E-state index is 11.1. The Labute approximate surface area is 130 Å². The Bertz CT molecular complexity index is 693. The number of nitro groups is 1. The lowest BCUT2D eigenvalue weighted by Crippen LogP contribution is -1.95. The molecule has 0 aromatic heterocycles. The molecule has 0 aliphatic rings. The van der Waals surface area contributed by atoms with Crippen molar-refractivity contribution in [2.24, 2.45) is 0 Å². The van der Waals surface area contributed by atoms with Gasteiger partial charge in [-0.15, -0.1) is 0 Å². The van der Waals surface area contributed by atoms with Gasteiger partial charge in [-0.2, -0.15) is 5.26 Å². The number of nitrogens with zero attached hydrogens (tertiary/aromatic N) is 2. The summed E-state index contributed by atoms with van der Waals surface area (Å²) in [5, 5.41) is 20.2. The SMILES string of the molecule is N#CCc1ccc(Oc2ccc(CBr)cc2[N+](=O)[O-])cc1. The Balaban J connectivity index is 2.26. The van der Waals surface area contributed by atoms with Crippen LogP contribution in [0.4, 0.5) is 5.69 Å². The van der Waals surface area contributed by atoms with E-state index in [9.17, 15) is 10.1 Å². The Morgan fingerprint density at radius 2 is 1.86 bits per heavy atom. The van der Waals surface area contributed by atoms with Crippen molar-refractivity contribution in [1.29, 1.82) is 5.26 Å². The molecule has 0 saturated carbocycles. The maximum absolute atomic E-state index is 11.1. The summed E-state index contributed by atoms with van der Waals surface area (Å²) >= 11 is 3.27. The van der Waals surface area contributed by atoms with Crippen LogP contribution < -0.4 is 4.74 Å². The van der Waals surface area contributed by atoms with Crippen LogP contribution in [0.15, 0.2) is 42.5 Å². The normalized spacial score (nSPS) is 9.90. The molecule has 0 saturated heterocycles. The number of alkyl halides is 1. The summed E-state index contributed by atoms with van der Waals surface area (Å²) in [6, 6.07) is 13.8. The van der Waals surface area contributed by atoms with E-state index in [4.69, 9.17) is 10.00 Å². The van der Waals surface area contributed by atoms with Gasteiger partial charge in [-0.1, -0.05) is 34.1 Å². The molecule has 0 aliphatic carbocycles. The molecule has 106 valence electrons. The van der Waals surface area contributed by atoms with Crippen molar-refractivity contribution < 1.29 is 9.66 Å². The van der Waals surface area contributed by atoms with Crippen LogP contribution >= 0.6 is 15.9 Å². The Kier molecular flexibility index (Phi) is 4.90. The van der Waals surface area contributed by atoms with Crippen LogP contribution in [-0.4, -0.2) is 4.92 Å². The number of benzene rings is 2. The Morgan fingerprint density at radius 3 is 2.43 bits per heavy atom. The van der Waals surface area contributed by atoms with Gasteiger partial charge in [-0.25, -0.2) is 0 Å². The van der Waals surface area contributed by atoms with E-state index < -0.39 is 4.92 Å². The summed E-state index contributed by atoms with van der Waals surface area (Å²) < 4.78 is 5.56. The third-order valence-electron chi connectivity index (χ3n) is 2.81. The van der Waals surface area contributed by atoms with Gasteiger partial charge in [0.15, 0.2) is 0 Å². The van der Waals surface area contributed by atoms with E-state index >= 15 is 0 Å². The van der Waals surface area contributed by atoms with E-state index in [0.717, 1.165) is 11.1 Å². The van der Waals surface area contributed by atoms with Gasteiger partial charge in [0.2, 0.25) is 5.75 Å². The highest BCUT2D eigenvalue weighted by Crippen LogP contribution is 2.32. The lowest BCUT2D eigenvalue weighted by Gasteiger charge is -2.07. The molecule has 0 radical (unpaired) electrons. The van der Waals surface area contributed by atoms with Gasteiger partial charge >= 0.3 is 5.69 Å². The van der Waals surface area contributed by atoms with Crippen molar-refractivity contribution in [1.82, 2.24) is 0 Å². The molecule has 0 aliphatic heterocycles.